The Morgan fingerprint density at radius 1 is 1.20 bits per heavy atom. The number of nitrogens with one attached hydrogen (secondary N) is 1. The molecule has 0 unspecified atom stereocenters. The maximum atomic E-state index is 11.9. The molecule has 2 aromatic rings. The normalized spacial score (nSPS) is 17.8. The van der Waals surface area contributed by atoms with E-state index >= 15 is 0 Å². The summed E-state index contributed by atoms with van der Waals surface area (Å²) < 4.78 is 6.04. The van der Waals surface area contributed by atoms with Gasteiger partial charge in [0, 0.05) is 30.4 Å². The first kappa shape index (κ1) is 16.2. The first-order chi connectivity index (χ1) is 12.1. The van der Waals surface area contributed by atoms with Crippen molar-refractivity contribution in [2.75, 3.05) is 12.0 Å². The fourth-order valence-corrected chi connectivity index (χ4v) is 4.13. The lowest BCUT2D eigenvalue weighted by atomic mass is 10.1. The van der Waals surface area contributed by atoms with Crippen molar-refractivity contribution in [1.29, 1.82) is 0 Å². The van der Waals surface area contributed by atoms with Gasteiger partial charge in [0.2, 0.25) is 0 Å². The van der Waals surface area contributed by atoms with E-state index in [4.69, 9.17) is 17.0 Å². The monoisotopic (exact) mass is 368 g/mol. The topological polar surface area (TPSA) is 41.6 Å². The molecule has 4 rings (SSSR count). The minimum Gasteiger partial charge on any atom is -0.496 e. The highest BCUT2D eigenvalue weighted by Gasteiger charge is 2.23. The highest BCUT2D eigenvalue weighted by molar-refractivity contribution is 8.26. The van der Waals surface area contributed by atoms with E-state index in [-0.39, 0.29) is 5.91 Å². The predicted molar refractivity (Wildman–Crippen MR) is 106 cm³/mol. The maximum absolute atomic E-state index is 11.9. The maximum Gasteiger partial charge on any atom is 0.263 e. The number of rotatable bonds is 3. The van der Waals surface area contributed by atoms with E-state index in [0.29, 0.717) is 9.23 Å². The Morgan fingerprint density at radius 3 is 2.52 bits per heavy atom. The van der Waals surface area contributed by atoms with Crippen LogP contribution in [0.4, 0.5) is 5.69 Å². The number of hydrogen-bond donors (Lipinski definition) is 1. The van der Waals surface area contributed by atoms with E-state index in [1.54, 1.807) is 7.11 Å². The van der Waals surface area contributed by atoms with Crippen LogP contribution in [-0.2, 0) is 17.9 Å². The summed E-state index contributed by atoms with van der Waals surface area (Å²) in [5.74, 6) is 0.586. The molecule has 1 N–H and O–H groups in total. The number of thiocarbonyl (C=S) groups is 1. The number of thioether (sulfide) groups is 1. The van der Waals surface area contributed by atoms with Gasteiger partial charge in [-0.3, -0.25) is 4.79 Å². The number of methoxy groups -OCH3 is 1. The molecular formula is C19H16N2O2S2. The molecule has 4 nitrogen and oxygen atoms in total. The highest BCUT2D eigenvalue weighted by atomic mass is 32.2. The molecule has 1 fully saturated rings. The van der Waals surface area contributed by atoms with Crippen LogP contribution in [0.25, 0.3) is 6.08 Å². The number of carbonyl (C=O) groups is 1. The summed E-state index contributed by atoms with van der Waals surface area (Å²) in [6, 6.07) is 14.6. The highest BCUT2D eigenvalue weighted by Crippen LogP contribution is 2.34. The van der Waals surface area contributed by atoms with Crippen LogP contribution in [0, 0.1) is 0 Å². The van der Waals surface area contributed by atoms with Crippen LogP contribution >= 0.6 is 24.0 Å². The Kier molecular flexibility index (Phi) is 4.23. The molecule has 0 spiro atoms. The van der Waals surface area contributed by atoms with Crippen LogP contribution in [0.1, 0.15) is 16.7 Å². The van der Waals surface area contributed by atoms with Gasteiger partial charge in [0.25, 0.3) is 5.91 Å². The second-order valence-electron chi connectivity index (χ2n) is 5.90. The summed E-state index contributed by atoms with van der Waals surface area (Å²) in [6.07, 6.45) is 1.82. The Balaban J connectivity index is 1.62. The number of carbonyl (C=O) groups excluding carboxylic acids is 1. The van der Waals surface area contributed by atoms with Crippen molar-refractivity contribution in [2.24, 2.45) is 0 Å². The van der Waals surface area contributed by atoms with Crippen molar-refractivity contribution in [1.82, 2.24) is 5.32 Å². The quantitative estimate of drug-likeness (QED) is 0.661. The molecule has 1 saturated heterocycles. The number of hydrogen-bond acceptors (Lipinski definition) is 5. The molecule has 6 heteroatoms. The lowest BCUT2D eigenvalue weighted by molar-refractivity contribution is -0.115. The van der Waals surface area contributed by atoms with Crippen molar-refractivity contribution < 1.29 is 9.53 Å². The van der Waals surface area contributed by atoms with Crippen LogP contribution in [0.2, 0.25) is 0 Å². The van der Waals surface area contributed by atoms with Crippen LogP contribution in [0.15, 0.2) is 47.4 Å². The first-order valence-corrected chi connectivity index (χ1v) is 9.11. The third-order valence-electron chi connectivity index (χ3n) is 4.35. The fraction of sp³-hybridized carbons (Fsp3) is 0.158. The van der Waals surface area contributed by atoms with Crippen LogP contribution in [-0.4, -0.2) is 17.3 Å². The molecule has 0 saturated carbocycles. The van der Waals surface area contributed by atoms with Gasteiger partial charge in [-0.1, -0.05) is 48.2 Å². The number of ether oxygens (including phenoxy) is 1. The Bertz CT molecular complexity index is 883. The number of amides is 1. The minimum absolute atomic E-state index is 0.156. The van der Waals surface area contributed by atoms with Crippen LogP contribution in [0.3, 0.4) is 0 Å². The van der Waals surface area contributed by atoms with E-state index in [9.17, 15) is 4.79 Å². The molecule has 0 aromatic heterocycles. The molecule has 25 heavy (non-hydrogen) atoms. The molecule has 1 amide bonds. The van der Waals surface area contributed by atoms with Gasteiger partial charge in [-0.2, -0.15) is 0 Å². The number of nitrogens with zero attached hydrogens (tertiary/aromatic N) is 1. The SMILES string of the molecule is COc1cc(N2Cc3ccccc3C2)ccc1/C=C1/SC(=S)NC1=O. The average molecular weight is 368 g/mol. The molecule has 0 radical (unpaired) electrons. The van der Waals surface area contributed by atoms with Crippen molar-refractivity contribution in [3.63, 3.8) is 0 Å². The summed E-state index contributed by atoms with van der Waals surface area (Å²) in [5, 5.41) is 2.63. The van der Waals surface area contributed by atoms with Gasteiger partial charge >= 0.3 is 0 Å². The van der Waals surface area contributed by atoms with Crippen molar-refractivity contribution in [3.05, 3.63) is 64.1 Å². The summed E-state index contributed by atoms with van der Waals surface area (Å²) in [5.41, 5.74) is 4.69. The Morgan fingerprint density at radius 2 is 1.92 bits per heavy atom. The summed E-state index contributed by atoms with van der Waals surface area (Å²) in [7, 11) is 1.65. The van der Waals surface area contributed by atoms with Gasteiger partial charge in [-0.25, -0.2) is 0 Å². The molecule has 2 aliphatic rings. The van der Waals surface area contributed by atoms with E-state index in [2.05, 4.69) is 40.5 Å². The predicted octanol–water partition coefficient (Wildman–Crippen LogP) is 3.70. The Hall–Kier alpha value is -2.31. The number of benzene rings is 2. The van der Waals surface area contributed by atoms with Crippen molar-refractivity contribution in [2.45, 2.75) is 13.1 Å². The largest absolute Gasteiger partial charge is 0.496 e. The van der Waals surface area contributed by atoms with Gasteiger partial charge in [0.1, 0.15) is 10.1 Å². The van der Waals surface area contributed by atoms with Crippen molar-refractivity contribution in [3.8, 4) is 5.75 Å². The third kappa shape index (κ3) is 3.15. The van der Waals surface area contributed by atoms with E-state index in [1.165, 1.54) is 22.9 Å². The van der Waals surface area contributed by atoms with Gasteiger partial charge in [-0.05, 0) is 29.3 Å². The van der Waals surface area contributed by atoms with E-state index < -0.39 is 0 Å². The molecule has 2 aliphatic heterocycles. The first-order valence-electron chi connectivity index (χ1n) is 7.88. The molecule has 2 heterocycles. The zero-order valence-electron chi connectivity index (χ0n) is 13.6. The molecule has 0 bridgehead atoms. The number of anilines is 1. The lowest BCUT2D eigenvalue weighted by Crippen LogP contribution is -2.17. The van der Waals surface area contributed by atoms with Crippen molar-refractivity contribution >= 4 is 46.0 Å². The summed E-state index contributed by atoms with van der Waals surface area (Å²) >= 11 is 6.31. The standard InChI is InChI=1S/C19H16N2O2S2/c1-23-16-9-15(21-10-13-4-2-3-5-14(13)11-21)7-6-12(16)8-17-18(22)20-19(24)25-17/h2-9H,10-11H2,1H3,(H,20,22,24)/b17-8+. The lowest BCUT2D eigenvalue weighted by Gasteiger charge is -2.19. The van der Waals surface area contributed by atoms with Gasteiger partial charge in [-0.15, -0.1) is 0 Å². The smallest absolute Gasteiger partial charge is 0.263 e. The van der Waals surface area contributed by atoms with E-state index in [1.807, 2.05) is 18.2 Å². The summed E-state index contributed by atoms with van der Waals surface area (Å²) in [6.45, 7) is 1.79. The number of fused-ring (bicyclic) bond motifs is 1. The third-order valence-corrected chi connectivity index (χ3v) is 5.51. The summed E-state index contributed by atoms with van der Waals surface area (Å²) in [4.78, 5) is 14.8. The molecule has 0 aliphatic carbocycles. The fourth-order valence-electron chi connectivity index (χ4n) is 3.09. The van der Waals surface area contributed by atoms with Crippen LogP contribution in [0.5, 0.6) is 5.75 Å². The second kappa shape index (κ2) is 6.54. The zero-order chi connectivity index (χ0) is 17.4. The van der Waals surface area contributed by atoms with E-state index in [0.717, 1.165) is 30.1 Å². The Labute approximate surface area is 155 Å². The average Bonchev–Trinajstić information content (AvgIpc) is 3.18. The zero-order valence-corrected chi connectivity index (χ0v) is 15.2. The van der Waals surface area contributed by atoms with Gasteiger partial charge < -0.3 is 15.0 Å². The van der Waals surface area contributed by atoms with Crippen LogP contribution < -0.4 is 15.0 Å². The van der Waals surface area contributed by atoms with Gasteiger partial charge in [0.05, 0.1) is 12.0 Å². The minimum atomic E-state index is -0.156. The molecular weight excluding hydrogens is 352 g/mol. The molecule has 126 valence electrons. The molecule has 0 atom stereocenters. The molecule has 2 aromatic carbocycles. The van der Waals surface area contributed by atoms with Gasteiger partial charge in [0.15, 0.2) is 0 Å². The second-order valence-corrected chi connectivity index (χ2v) is 7.62.